The predicted molar refractivity (Wildman–Crippen MR) is 138 cm³/mol. The lowest BCUT2D eigenvalue weighted by Crippen LogP contribution is -2.33. The van der Waals surface area contributed by atoms with Crippen molar-refractivity contribution in [1.82, 2.24) is 9.80 Å². The fourth-order valence-corrected chi connectivity index (χ4v) is 5.60. The third kappa shape index (κ3) is 5.34. The van der Waals surface area contributed by atoms with E-state index in [9.17, 15) is 4.79 Å². The van der Waals surface area contributed by atoms with E-state index in [1.165, 1.54) is 38.5 Å². The molecular formula is C29H38N2O4. The zero-order chi connectivity index (χ0) is 24.0. The maximum atomic E-state index is 13.6. The molecular weight excluding hydrogens is 440 g/mol. The van der Waals surface area contributed by atoms with Gasteiger partial charge in [-0.2, -0.15) is 0 Å². The molecule has 6 heteroatoms. The summed E-state index contributed by atoms with van der Waals surface area (Å²) < 4.78 is 18.5. The van der Waals surface area contributed by atoms with Gasteiger partial charge in [0.25, 0.3) is 0 Å². The van der Waals surface area contributed by atoms with Crippen LogP contribution in [-0.4, -0.2) is 74.7 Å². The van der Waals surface area contributed by atoms with Crippen LogP contribution in [0, 0.1) is 0 Å². The Labute approximate surface area is 209 Å². The normalized spacial score (nSPS) is 18.3. The second-order valence-corrected chi connectivity index (χ2v) is 9.75. The van der Waals surface area contributed by atoms with E-state index in [1.54, 1.807) is 0 Å². The van der Waals surface area contributed by atoms with Gasteiger partial charge in [-0.15, -0.1) is 0 Å². The Hall–Kier alpha value is -2.57. The molecule has 0 spiro atoms. The van der Waals surface area contributed by atoms with Crippen molar-refractivity contribution in [2.24, 2.45) is 0 Å². The van der Waals surface area contributed by atoms with E-state index in [0.717, 1.165) is 56.1 Å². The van der Waals surface area contributed by atoms with Gasteiger partial charge in [-0.3, -0.25) is 14.6 Å². The Morgan fingerprint density at radius 2 is 1.20 bits per heavy atom. The molecule has 2 aromatic rings. The van der Waals surface area contributed by atoms with Gasteiger partial charge in [0, 0.05) is 29.8 Å². The fraction of sp³-hybridized carbons (Fsp3) is 0.552. The Morgan fingerprint density at radius 1 is 0.657 bits per heavy atom. The molecule has 3 aliphatic rings. The van der Waals surface area contributed by atoms with Crippen molar-refractivity contribution < 1.29 is 19.0 Å². The third-order valence-corrected chi connectivity index (χ3v) is 7.40. The molecule has 2 saturated heterocycles. The van der Waals surface area contributed by atoms with E-state index in [2.05, 4.69) is 9.80 Å². The van der Waals surface area contributed by atoms with E-state index in [-0.39, 0.29) is 5.78 Å². The van der Waals surface area contributed by atoms with E-state index in [0.29, 0.717) is 42.4 Å². The number of nitrogens with zero attached hydrogens (tertiary/aromatic N) is 2. The molecule has 2 heterocycles. The van der Waals surface area contributed by atoms with Crippen LogP contribution in [0.3, 0.4) is 0 Å². The number of hydrogen-bond acceptors (Lipinski definition) is 6. The molecule has 2 fully saturated rings. The number of piperidine rings is 2. The number of rotatable bonds is 10. The fourth-order valence-electron chi connectivity index (χ4n) is 5.60. The van der Waals surface area contributed by atoms with Crippen LogP contribution < -0.4 is 14.2 Å². The summed E-state index contributed by atoms with van der Waals surface area (Å²) >= 11 is 0. The summed E-state index contributed by atoms with van der Waals surface area (Å²) in [7, 11) is 0. The van der Waals surface area contributed by atoms with Gasteiger partial charge in [0.1, 0.15) is 30.5 Å². The highest BCUT2D eigenvalue weighted by Gasteiger charge is 2.35. The molecule has 0 atom stereocenters. The highest BCUT2D eigenvalue weighted by atomic mass is 16.5. The molecule has 0 amide bonds. The van der Waals surface area contributed by atoms with Crippen molar-refractivity contribution in [3.05, 3.63) is 41.5 Å². The first-order valence-electron chi connectivity index (χ1n) is 13.4. The largest absolute Gasteiger partial charge is 0.493 e. The molecule has 0 radical (unpaired) electrons. The summed E-state index contributed by atoms with van der Waals surface area (Å²) in [6.07, 6.45) is 7.69. The third-order valence-electron chi connectivity index (χ3n) is 7.40. The Morgan fingerprint density at radius 3 is 1.77 bits per heavy atom. The maximum Gasteiger partial charge on any atom is 0.198 e. The van der Waals surface area contributed by atoms with Crippen LogP contribution in [0.4, 0.5) is 0 Å². The topological polar surface area (TPSA) is 51.2 Å². The minimum atomic E-state index is -0.00833. The molecule has 5 rings (SSSR count). The maximum absolute atomic E-state index is 13.6. The van der Waals surface area contributed by atoms with Gasteiger partial charge in [0.2, 0.25) is 0 Å². The van der Waals surface area contributed by atoms with Gasteiger partial charge in [-0.05, 0) is 77.0 Å². The monoisotopic (exact) mass is 478 g/mol. The van der Waals surface area contributed by atoms with Crippen LogP contribution in [-0.2, 0) is 0 Å². The molecule has 35 heavy (non-hydrogen) atoms. The molecule has 2 aliphatic heterocycles. The number of ether oxygens (including phenoxy) is 3. The van der Waals surface area contributed by atoms with E-state index < -0.39 is 0 Å². The minimum absolute atomic E-state index is 0.00833. The molecule has 0 N–H and O–H groups in total. The van der Waals surface area contributed by atoms with Gasteiger partial charge in [0.05, 0.1) is 12.2 Å². The molecule has 0 aromatic heterocycles. The summed E-state index contributed by atoms with van der Waals surface area (Å²) in [5.41, 5.74) is 2.94. The van der Waals surface area contributed by atoms with Crippen LogP contribution in [0.1, 0.15) is 61.4 Å². The van der Waals surface area contributed by atoms with Crippen molar-refractivity contribution in [1.29, 1.82) is 0 Å². The Kier molecular flexibility index (Phi) is 7.89. The lowest BCUT2D eigenvalue weighted by molar-refractivity contribution is 0.103. The number of hydrogen-bond donors (Lipinski definition) is 0. The van der Waals surface area contributed by atoms with Gasteiger partial charge in [-0.25, -0.2) is 0 Å². The predicted octanol–water partition coefficient (Wildman–Crippen LogP) is 5.03. The summed E-state index contributed by atoms with van der Waals surface area (Å²) in [6, 6.07) is 9.60. The summed E-state index contributed by atoms with van der Waals surface area (Å²) in [4.78, 5) is 18.5. The van der Waals surface area contributed by atoms with Crippen molar-refractivity contribution in [3.8, 4) is 28.4 Å². The van der Waals surface area contributed by atoms with Crippen LogP contribution in [0.2, 0.25) is 0 Å². The van der Waals surface area contributed by atoms with Gasteiger partial charge < -0.3 is 14.2 Å². The summed E-state index contributed by atoms with van der Waals surface area (Å²) in [6.45, 7) is 10.0. The SMILES string of the molecule is CCOc1ccc(OCCN2CCCCC2)c2c1-c1c(OCCN3CCCCC3)cccc1C2=O. The average molecular weight is 479 g/mol. The zero-order valence-electron chi connectivity index (χ0n) is 21.0. The number of ketones is 1. The van der Waals surface area contributed by atoms with Gasteiger partial charge >= 0.3 is 0 Å². The number of fused-ring (bicyclic) bond motifs is 3. The zero-order valence-corrected chi connectivity index (χ0v) is 21.0. The molecule has 6 nitrogen and oxygen atoms in total. The highest BCUT2D eigenvalue weighted by molar-refractivity contribution is 6.25. The number of carbonyl (C=O) groups excluding carboxylic acids is 1. The number of benzene rings is 2. The van der Waals surface area contributed by atoms with E-state index >= 15 is 0 Å². The number of carbonyl (C=O) groups is 1. The Bertz CT molecular complexity index is 1030. The van der Waals surface area contributed by atoms with Crippen molar-refractivity contribution in [2.75, 3.05) is 59.1 Å². The van der Waals surface area contributed by atoms with Crippen LogP contribution in [0.15, 0.2) is 30.3 Å². The Balaban J connectivity index is 1.37. The van der Waals surface area contributed by atoms with Crippen LogP contribution >= 0.6 is 0 Å². The molecule has 188 valence electrons. The summed E-state index contributed by atoms with van der Waals surface area (Å²) in [5.74, 6) is 2.09. The van der Waals surface area contributed by atoms with Crippen LogP contribution in [0.5, 0.6) is 17.2 Å². The quantitative estimate of drug-likeness (QED) is 0.408. The molecule has 1 aliphatic carbocycles. The molecule has 0 saturated carbocycles. The lowest BCUT2D eigenvalue weighted by atomic mass is 10.0. The smallest absolute Gasteiger partial charge is 0.198 e. The first-order valence-corrected chi connectivity index (χ1v) is 13.4. The van der Waals surface area contributed by atoms with Crippen LogP contribution in [0.25, 0.3) is 11.1 Å². The van der Waals surface area contributed by atoms with Crippen molar-refractivity contribution in [2.45, 2.75) is 45.4 Å². The number of likely N-dealkylation sites (tertiary alicyclic amines) is 2. The average Bonchev–Trinajstić information content (AvgIpc) is 3.20. The van der Waals surface area contributed by atoms with Crippen molar-refractivity contribution in [3.63, 3.8) is 0 Å². The highest BCUT2D eigenvalue weighted by Crippen LogP contribution is 2.50. The van der Waals surface area contributed by atoms with Gasteiger partial charge in [0.15, 0.2) is 5.78 Å². The minimum Gasteiger partial charge on any atom is -0.493 e. The molecule has 0 unspecified atom stereocenters. The first kappa shape index (κ1) is 24.1. The molecule has 0 bridgehead atoms. The standard InChI is InChI=1S/C29H38N2O4/c1-2-33-24-12-13-25(35-21-19-31-16-7-4-8-17-31)28-27(24)26-22(29(28)32)10-9-11-23(26)34-20-18-30-14-5-3-6-15-30/h9-13H,2-8,14-21H2,1H3. The second kappa shape index (κ2) is 11.4. The second-order valence-electron chi connectivity index (χ2n) is 9.75. The van der Waals surface area contributed by atoms with E-state index in [1.807, 2.05) is 37.3 Å². The van der Waals surface area contributed by atoms with Crippen molar-refractivity contribution >= 4 is 5.78 Å². The van der Waals surface area contributed by atoms with E-state index in [4.69, 9.17) is 14.2 Å². The molecule has 2 aromatic carbocycles. The van der Waals surface area contributed by atoms with Gasteiger partial charge in [-0.1, -0.05) is 25.0 Å². The summed E-state index contributed by atoms with van der Waals surface area (Å²) in [5, 5.41) is 0. The first-order chi connectivity index (χ1) is 17.3. The lowest BCUT2D eigenvalue weighted by Gasteiger charge is -2.26.